The van der Waals surface area contributed by atoms with Gasteiger partial charge in [-0.25, -0.2) is 4.79 Å². The molecule has 3 rings (SSSR count). The lowest BCUT2D eigenvalue weighted by atomic mass is 10.1. The molecule has 2 aromatic rings. The van der Waals surface area contributed by atoms with Gasteiger partial charge in [0.25, 0.3) is 0 Å². The molecule has 1 aromatic carbocycles. The summed E-state index contributed by atoms with van der Waals surface area (Å²) in [7, 11) is 0. The van der Waals surface area contributed by atoms with E-state index in [-0.39, 0.29) is 6.03 Å². The molecule has 1 fully saturated rings. The average Bonchev–Trinajstić information content (AvgIpc) is 2.72. The van der Waals surface area contributed by atoms with Crippen molar-refractivity contribution in [1.82, 2.24) is 20.4 Å². The first-order valence-corrected chi connectivity index (χ1v) is 10.0. The highest BCUT2D eigenvalue weighted by atomic mass is 16.2. The quantitative estimate of drug-likeness (QED) is 0.770. The van der Waals surface area contributed by atoms with Crippen molar-refractivity contribution in [1.29, 1.82) is 0 Å². The summed E-state index contributed by atoms with van der Waals surface area (Å²) in [4.78, 5) is 16.7. The summed E-state index contributed by atoms with van der Waals surface area (Å²) >= 11 is 0. The van der Waals surface area contributed by atoms with Gasteiger partial charge in [0.15, 0.2) is 0 Å². The number of hydrogen-bond donors (Lipinski definition) is 2. The number of aromatic nitrogens is 2. The van der Waals surface area contributed by atoms with Crippen LogP contribution >= 0.6 is 0 Å². The number of aryl methyl sites for hydroxylation is 1. The molecule has 28 heavy (non-hydrogen) atoms. The van der Waals surface area contributed by atoms with Crippen LogP contribution in [0.2, 0.25) is 0 Å². The van der Waals surface area contributed by atoms with Crippen LogP contribution in [-0.2, 0) is 0 Å². The van der Waals surface area contributed by atoms with Gasteiger partial charge in [-0.1, -0.05) is 12.1 Å². The van der Waals surface area contributed by atoms with Crippen molar-refractivity contribution < 1.29 is 4.79 Å². The van der Waals surface area contributed by atoms with Crippen molar-refractivity contribution in [2.24, 2.45) is 0 Å². The zero-order valence-electron chi connectivity index (χ0n) is 16.8. The molecule has 1 saturated heterocycles. The molecule has 7 nitrogen and oxygen atoms in total. The fourth-order valence-corrected chi connectivity index (χ4v) is 3.52. The Hall–Kier alpha value is -2.83. The standard InChI is InChI=1S/C21H30N6O/c1-3-26(19-7-4-6-17(2)16-19)15-12-22-21(28)27-13-9-18(10-14-27)24-20-8-5-11-23-25-20/h4-8,11,16,18H,3,9-10,12-15H2,1-2H3,(H,22,28)(H,24,25). The Morgan fingerprint density at radius 3 is 2.75 bits per heavy atom. The number of carbonyl (C=O) groups is 1. The Balaban J connectivity index is 1.39. The Morgan fingerprint density at radius 1 is 1.25 bits per heavy atom. The number of piperidine rings is 1. The monoisotopic (exact) mass is 382 g/mol. The van der Waals surface area contributed by atoms with Crippen LogP contribution in [0.15, 0.2) is 42.6 Å². The largest absolute Gasteiger partial charge is 0.370 e. The predicted molar refractivity (Wildman–Crippen MR) is 113 cm³/mol. The maximum atomic E-state index is 12.5. The van der Waals surface area contributed by atoms with Crippen molar-refractivity contribution in [2.45, 2.75) is 32.7 Å². The van der Waals surface area contributed by atoms with E-state index in [2.05, 4.69) is 63.8 Å². The Labute approximate surface area is 167 Å². The van der Waals surface area contributed by atoms with E-state index in [0.717, 1.165) is 44.8 Å². The van der Waals surface area contributed by atoms with Crippen LogP contribution in [-0.4, -0.2) is 59.9 Å². The third kappa shape index (κ3) is 5.58. The number of nitrogens with one attached hydrogen (secondary N) is 2. The van der Waals surface area contributed by atoms with E-state index in [1.807, 2.05) is 17.0 Å². The van der Waals surface area contributed by atoms with Crippen molar-refractivity contribution in [3.63, 3.8) is 0 Å². The van der Waals surface area contributed by atoms with Gasteiger partial charge in [-0.3, -0.25) is 0 Å². The summed E-state index contributed by atoms with van der Waals surface area (Å²) in [5.74, 6) is 0.793. The average molecular weight is 383 g/mol. The van der Waals surface area contributed by atoms with E-state index in [1.54, 1.807) is 6.20 Å². The number of rotatable bonds is 7. The molecule has 1 aromatic heterocycles. The smallest absolute Gasteiger partial charge is 0.317 e. The van der Waals surface area contributed by atoms with Gasteiger partial charge in [0.1, 0.15) is 5.82 Å². The second kappa shape index (κ2) is 9.92. The number of carbonyl (C=O) groups excluding carboxylic acids is 1. The van der Waals surface area contributed by atoms with Crippen LogP contribution in [0.3, 0.4) is 0 Å². The van der Waals surface area contributed by atoms with Crippen LogP contribution in [0.5, 0.6) is 0 Å². The maximum absolute atomic E-state index is 12.5. The number of anilines is 2. The van der Waals surface area contributed by atoms with Crippen molar-refractivity contribution >= 4 is 17.5 Å². The molecule has 7 heteroatoms. The number of nitrogens with zero attached hydrogens (tertiary/aromatic N) is 4. The third-order valence-corrected chi connectivity index (χ3v) is 5.11. The van der Waals surface area contributed by atoms with E-state index < -0.39 is 0 Å². The minimum atomic E-state index is 0.0262. The minimum Gasteiger partial charge on any atom is -0.370 e. The molecule has 0 saturated carbocycles. The fraction of sp³-hybridized carbons (Fsp3) is 0.476. The van der Waals surface area contributed by atoms with Crippen molar-refractivity contribution in [3.05, 3.63) is 48.2 Å². The highest BCUT2D eigenvalue weighted by Crippen LogP contribution is 2.16. The molecule has 1 aliphatic rings. The summed E-state index contributed by atoms with van der Waals surface area (Å²) < 4.78 is 0. The Morgan fingerprint density at radius 2 is 2.07 bits per heavy atom. The van der Waals surface area contributed by atoms with E-state index in [1.165, 1.54) is 11.3 Å². The van der Waals surface area contributed by atoms with Crippen LogP contribution in [0.4, 0.5) is 16.3 Å². The third-order valence-electron chi connectivity index (χ3n) is 5.11. The van der Waals surface area contributed by atoms with Crippen LogP contribution in [0, 0.1) is 6.92 Å². The predicted octanol–water partition coefficient (Wildman–Crippen LogP) is 2.90. The van der Waals surface area contributed by atoms with Crippen LogP contribution < -0.4 is 15.5 Å². The first-order valence-electron chi connectivity index (χ1n) is 10.0. The molecule has 0 spiro atoms. The maximum Gasteiger partial charge on any atom is 0.317 e. The van der Waals surface area contributed by atoms with Gasteiger partial charge in [0.2, 0.25) is 0 Å². The number of likely N-dealkylation sites (N-methyl/N-ethyl adjacent to an activating group) is 1. The number of benzene rings is 1. The number of likely N-dealkylation sites (tertiary alicyclic amines) is 1. The summed E-state index contributed by atoms with van der Waals surface area (Å²) in [5.41, 5.74) is 2.45. The summed E-state index contributed by atoms with van der Waals surface area (Å²) in [6, 6.07) is 12.6. The van der Waals surface area contributed by atoms with Crippen LogP contribution in [0.25, 0.3) is 0 Å². The van der Waals surface area contributed by atoms with Gasteiger partial charge < -0.3 is 20.4 Å². The van der Waals surface area contributed by atoms with Gasteiger partial charge >= 0.3 is 6.03 Å². The lowest BCUT2D eigenvalue weighted by molar-refractivity contribution is 0.184. The van der Waals surface area contributed by atoms with Gasteiger partial charge in [0, 0.05) is 50.6 Å². The molecular formula is C21H30N6O. The van der Waals surface area contributed by atoms with Gasteiger partial charge in [-0.05, 0) is 56.5 Å². The summed E-state index contributed by atoms with van der Waals surface area (Å²) in [5, 5.41) is 14.4. The molecule has 0 unspecified atom stereocenters. The topological polar surface area (TPSA) is 73.4 Å². The number of amides is 2. The molecule has 2 heterocycles. The molecule has 0 radical (unpaired) electrons. The van der Waals surface area contributed by atoms with E-state index in [0.29, 0.717) is 12.6 Å². The lowest BCUT2D eigenvalue weighted by Gasteiger charge is -2.33. The van der Waals surface area contributed by atoms with Crippen molar-refractivity contribution in [2.75, 3.05) is 42.9 Å². The second-order valence-electron chi connectivity index (χ2n) is 7.17. The van der Waals surface area contributed by atoms with E-state index in [4.69, 9.17) is 0 Å². The molecule has 150 valence electrons. The molecule has 1 aliphatic heterocycles. The zero-order chi connectivity index (χ0) is 19.8. The lowest BCUT2D eigenvalue weighted by Crippen LogP contribution is -2.48. The molecule has 0 bridgehead atoms. The molecule has 0 atom stereocenters. The highest BCUT2D eigenvalue weighted by molar-refractivity contribution is 5.74. The van der Waals surface area contributed by atoms with Gasteiger partial charge in [-0.2, -0.15) is 5.10 Å². The summed E-state index contributed by atoms with van der Waals surface area (Å²) in [6.07, 6.45) is 3.49. The van der Waals surface area contributed by atoms with Crippen LogP contribution in [0.1, 0.15) is 25.3 Å². The van der Waals surface area contributed by atoms with E-state index in [9.17, 15) is 4.79 Å². The first-order chi connectivity index (χ1) is 13.7. The highest BCUT2D eigenvalue weighted by Gasteiger charge is 2.22. The fourth-order valence-electron chi connectivity index (χ4n) is 3.52. The molecule has 0 aliphatic carbocycles. The molecular weight excluding hydrogens is 352 g/mol. The Bertz CT molecular complexity index is 746. The van der Waals surface area contributed by atoms with Crippen molar-refractivity contribution in [3.8, 4) is 0 Å². The molecule has 2 N–H and O–H groups in total. The SMILES string of the molecule is CCN(CCNC(=O)N1CCC(Nc2cccnn2)CC1)c1cccc(C)c1. The molecule has 2 amide bonds. The van der Waals surface area contributed by atoms with Gasteiger partial charge in [-0.15, -0.1) is 5.10 Å². The first kappa shape index (κ1) is 19.9. The normalized spacial score (nSPS) is 14.6. The summed E-state index contributed by atoms with van der Waals surface area (Å²) in [6.45, 7) is 8.09. The van der Waals surface area contributed by atoms with Gasteiger partial charge in [0.05, 0.1) is 0 Å². The number of urea groups is 1. The Kier molecular flexibility index (Phi) is 7.06. The second-order valence-corrected chi connectivity index (χ2v) is 7.17. The number of hydrogen-bond acceptors (Lipinski definition) is 5. The minimum absolute atomic E-state index is 0.0262. The zero-order valence-corrected chi connectivity index (χ0v) is 16.8. The van der Waals surface area contributed by atoms with E-state index >= 15 is 0 Å².